The maximum absolute atomic E-state index is 5.33. The molecule has 1 aliphatic rings. The lowest BCUT2D eigenvalue weighted by atomic mass is 9.83. The number of nitrogens with zero attached hydrogens (tertiary/aromatic N) is 1. The highest BCUT2D eigenvalue weighted by Gasteiger charge is 2.32. The zero-order valence-corrected chi connectivity index (χ0v) is 12.7. The van der Waals surface area contributed by atoms with E-state index in [1.54, 1.807) is 7.11 Å². The highest BCUT2D eigenvalue weighted by molar-refractivity contribution is 5.40. The van der Waals surface area contributed by atoms with Gasteiger partial charge in [-0.25, -0.2) is 0 Å². The average Bonchev–Trinajstić information content (AvgIpc) is 2.44. The fourth-order valence-corrected chi connectivity index (χ4v) is 3.08. The highest BCUT2D eigenvalue weighted by Crippen LogP contribution is 2.34. The van der Waals surface area contributed by atoms with Gasteiger partial charge < -0.3 is 10.1 Å². The van der Waals surface area contributed by atoms with Gasteiger partial charge in [0.05, 0.1) is 7.11 Å². The van der Waals surface area contributed by atoms with E-state index in [0.29, 0.717) is 18.1 Å². The minimum Gasteiger partial charge on any atom is -0.497 e. The van der Waals surface area contributed by atoms with Gasteiger partial charge in [-0.2, -0.15) is 0 Å². The third-order valence-electron chi connectivity index (χ3n) is 4.43. The van der Waals surface area contributed by atoms with Gasteiger partial charge in [0.1, 0.15) is 5.75 Å². The van der Waals surface area contributed by atoms with Crippen molar-refractivity contribution >= 4 is 0 Å². The van der Waals surface area contributed by atoms with Gasteiger partial charge in [0.2, 0.25) is 0 Å². The Bertz CT molecular complexity index is 431. The lowest BCUT2D eigenvalue weighted by Crippen LogP contribution is -2.47. The maximum Gasteiger partial charge on any atom is 0.119 e. The van der Waals surface area contributed by atoms with Crippen molar-refractivity contribution in [2.75, 3.05) is 21.2 Å². The topological polar surface area (TPSA) is 24.5 Å². The van der Waals surface area contributed by atoms with Crippen molar-refractivity contribution in [1.29, 1.82) is 0 Å². The number of hydrogen-bond donors (Lipinski definition) is 1. The first kappa shape index (κ1) is 14.4. The van der Waals surface area contributed by atoms with E-state index < -0.39 is 0 Å². The number of hydrogen-bond acceptors (Lipinski definition) is 3. The first-order valence-electron chi connectivity index (χ1n) is 7.14. The summed E-state index contributed by atoms with van der Waals surface area (Å²) in [5.74, 6) is 0.962. The maximum atomic E-state index is 5.33. The SMILES string of the molecule is CNC1c2ccc(OC)cc2CCC1N(C)C(C)C. The fourth-order valence-electron chi connectivity index (χ4n) is 3.08. The van der Waals surface area contributed by atoms with Crippen LogP contribution in [0.2, 0.25) is 0 Å². The van der Waals surface area contributed by atoms with Gasteiger partial charge in [0, 0.05) is 18.1 Å². The molecule has 106 valence electrons. The van der Waals surface area contributed by atoms with Crippen molar-refractivity contribution in [1.82, 2.24) is 10.2 Å². The molecular formula is C16H26N2O. The lowest BCUT2D eigenvalue weighted by Gasteiger charge is -2.41. The smallest absolute Gasteiger partial charge is 0.119 e. The van der Waals surface area contributed by atoms with Crippen LogP contribution in [0, 0.1) is 0 Å². The molecule has 0 heterocycles. The second-order valence-corrected chi connectivity index (χ2v) is 5.70. The summed E-state index contributed by atoms with van der Waals surface area (Å²) in [5.41, 5.74) is 2.85. The second kappa shape index (κ2) is 5.93. The fraction of sp³-hybridized carbons (Fsp3) is 0.625. The molecule has 0 bridgehead atoms. The van der Waals surface area contributed by atoms with Crippen molar-refractivity contribution in [2.45, 2.75) is 44.8 Å². The first-order chi connectivity index (χ1) is 9.08. The molecule has 0 saturated heterocycles. The Morgan fingerprint density at radius 3 is 2.68 bits per heavy atom. The minimum atomic E-state index is 0.405. The normalized spacial score (nSPS) is 22.7. The van der Waals surface area contributed by atoms with Crippen LogP contribution in [0.4, 0.5) is 0 Å². The second-order valence-electron chi connectivity index (χ2n) is 5.70. The Balaban J connectivity index is 2.31. The predicted octanol–water partition coefficient (Wildman–Crippen LogP) is 2.61. The molecule has 0 aliphatic heterocycles. The Kier molecular flexibility index (Phi) is 4.48. The summed E-state index contributed by atoms with van der Waals surface area (Å²) in [6.07, 6.45) is 2.33. The summed E-state index contributed by atoms with van der Waals surface area (Å²) in [6.45, 7) is 4.52. The third-order valence-corrected chi connectivity index (χ3v) is 4.43. The molecule has 2 atom stereocenters. The Morgan fingerprint density at radius 2 is 2.11 bits per heavy atom. The van der Waals surface area contributed by atoms with Crippen molar-refractivity contribution in [3.8, 4) is 5.75 Å². The van der Waals surface area contributed by atoms with Crippen LogP contribution in [-0.4, -0.2) is 38.2 Å². The third kappa shape index (κ3) is 2.77. The van der Waals surface area contributed by atoms with Crippen molar-refractivity contribution in [2.24, 2.45) is 0 Å². The molecule has 2 unspecified atom stereocenters. The molecule has 0 fully saturated rings. The summed E-state index contributed by atoms with van der Waals surface area (Å²) < 4.78 is 5.33. The van der Waals surface area contributed by atoms with E-state index in [2.05, 4.69) is 56.4 Å². The van der Waals surface area contributed by atoms with Gasteiger partial charge in [0.15, 0.2) is 0 Å². The van der Waals surface area contributed by atoms with E-state index in [1.165, 1.54) is 17.5 Å². The summed E-state index contributed by atoms with van der Waals surface area (Å²) in [6, 6.07) is 8.01. The zero-order valence-electron chi connectivity index (χ0n) is 12.7. The number of aryl methyl sites for hydroxylation is 1. The molecule has 19 heavy (non-hydrogen) atoms. The van der Waals surface area contributed by atoms with Gasteiger partial charge in [-0.3, -0.25) is 4.90 Å². The number of likely N-dealkylation sites (N-methyl/N-ethyl adjacent to an activating group) is 2. The van der Waals surface area contributed by atoms with E-state index >= 15 is 0 Å². The number of rotatable bonds is 4. The van der Waals surface area contributed by atoms with Crippen molar-refractivity contribution < 1.29 is 4.74 Å². The Hall–Kier alpha value is -1.06. The molecule has 3 nitrogen and oxygen atoms in total. The molecule has 3 heteroatoms. The van der Waals surface area contributed by atoms with Crippen LogP contribution >= 0.6 is 0 Å². The van der Waals surface area contributed by atoms with E-state index in [9.17, 15) is 0 Å². The van der Waals surface area contributed by atoms with Gasteiger partial charge >= 0.3 is 0 Å². The van der Waals surface area contributed by atoms with Crippen LogP contribution in [0.25, 0.3) is 0 Å². The number of fused-ring (bicyclic) bond motifs is 1. The summed E-state index contributed by atoms with van der Waals surface area (Å²) in [4.78, 5) is 2.48. The molecule has 1 aromatic rings. The van der Waals surface area contributed by atoms with Crippen LogP contribution in [-0.2, 0) is 6.42 Å². The Morgan fingerprint density at radius 1 is 1.37 bits per heavy atom. The van der Waals surface area contributed by atoms with E-state index in [1.807, 2.05) is 0 Å². The molecule has 1 aliphatic carbocycles. The minimum absolute atomic E-state index is 0.405. The number of benzene rings is 1. The van der Waals surface area contributed by atoms with Crippen LogP contribution in [0.5, 0.6) is 5.75 Å². The monoisotopic (exact) mass is 262 g/mol. The van der Waals surface area contributed by atoms with Crippen LogP contribution in [0.15, 0.2) is 18.2 Å². The van der Waals surface area contributed by atoms with E-state index in [0.717, 1.165) is 12.2 Å². The number of methoxy groups -OCH3 is 1. The summed E-state index contributed by atoms with van der Waals surface area (Å²) in [7, 11) is 6.02. The molecule has 0 saturated carbocycles. The van der Waals surface area contributed by atoms with Crippen LogP contribution in [0.1, 0.15) is 37.4 Å². The largest absolute Gasteiger partial charge is 0.497 e. The quantitative estimate of drug-likeness (QED) is 0.902. The standard InChI is InChI=1S/C16H26N2O/c1-11(2)18(4)15-9-6-12-10-13(19-5)7-8-14(12)16(15)17-3/h7-8,10-11,15-17H,6,9H2,1-5H3. The van der Waals surface area contributed by atoms with Crippen molar-refractivity contribution in [3.63, 3.8) is 0 Å². The number of ether oxygens (including phenoxy) is 1. The van der Waals surface area contributed by atoms with Gasteiger partial charge in [-0.15, -0.1) is 0 Å². The average molecular weight is 262 g/mol. The highest BCUT2D eigenvalue weighted by atomic mass is 16.5. The molecule has 0 amide bonds. The summed E-state index contributed by atoms with van der Waals surface area (Å²) in [5, 5.41) is 3.50. The number of nitrogens with one attached hydrogen (secondary N) is 1. The molecular weight excluding hydrogens is 236 g/mol. The molecule has 0 aromatic heterocycles. The van der Waals surface area contributed by atoms with E-state index in [-0.39, 0.29) is 0 Å². The van der Waals surface area contributed by atoms with E-state index in [4.69, 9.17) is 4.74 Å². The summed E-state index contributed by atoms with van der Waals surface area (Å²) >= 11 is 0. The van der Waals surface area contributed by atoms with Crippen LogP contribution in [0.3, 0.4) is 0 Å². The lowest BCUT2D eigenvalue weighted by molar-refractivity contribution is 0.142. The van der Waals surface area contributed by atoms with Gasteiger partial charge in [0.25, 0.3) is 0 Å². The van der Waals surface area contributed by atoms with Gasteiger partial charge in [-0.1, -0.05) is 6.07 Å². The first-order valence-corrected chi connectivity index (χ1v) is 7.14. The zero-order chi connectivity index (χ0) is 14.0. The molecule has 2 rings (SSSR count). The molecule has 1 aromatic carbocycles. The molecule has 0 radical (unpaired) electrons. The van der Waals surface area contributed by atoms with Crippen molar-refractivity contribution in [3.05, 3.63) is 29.3 Å². The predicted molar refractivity (Wildman–Crippen MR) is 79.8 cm³/mol. The van der Waals surface area contributed by atoms with Crippen LogP contribution < -0.4 is 10.1 Å². The van der Waals surface area contributed by atoms with Gasteiger partial charge in [-0.05, 0) is 64.0 Å². The molecule has 0 spiro atoms. The Labute approximate surface area is 116 Å². The molecule has 1 N–H and O–H groups in total.